The molecular formula is C29H27NaO8S. The van der Waals surface area contributed by atoms with Gasteiger partial charge in [0, 0.05) is 32.3 Å². The summed E-state index contributed by atoms with van der Waals surface area (Å²) in [5.74, 6) is 0.176. The van der Waals surface area contributed by atoms with Gasteiger partial charge >= 0.3 is 35.5 Å². The van der Waals surface area contributed by atoms with E-state index in [0.29, 0.717) is 17.1 Å². The molecular weight excluding hydrogens is 531 g/mol. The summed E-state index contributed by atoms with van der Waals surface area (Å²) in [6, 6.07) is 16.9. The van der Waals surface area contributed by atoms with Crippen LogP contribution in [0.1, 0.15) is 17.3 Å². The van der Waals surface area contributed by atoms with Crippen LogP contribution in [-0.2, 0) is 4.79 Å². The quantitative estimate of drug-likeness (QED) is 0.170. The third-order valence-electron chi connectivity index (χ3n) is 5.74. The zero-order valence-corrected chi connectivity index (χ0v) is 25.1. The molecule has 0 radical (unpaired) electrons. The van der Waals surface area contributed by atoms with Crippen molar-refractivity contribution < 1.29 is 69.4 Å². The maximum absolute atomic E-state index is 13.1. The zero-order valence-electron chi connectivity index (χ0n) is 23.3. The Labute approximate surface area is 253 Å². The standard InChI is InChI=1S/C29H26O8S.Na.H/c1-33-22-15-23(34-2)20(27-14-18-7-5-6-8-26(18)38-27)11-17(22)9-10-21(30)19-12-24(35-3)29(25(13-19)36-4)37-16-28(31)32;;/h5-15H,16H2,1-4H3,(H,31,32);;/q;+1;-1/b10-9+;;. The molecule has 0 aliphatic carbocycles. The molecule has 10 heteroatoms. The van der Waals surface area contributed by atoms with Gasteiger partial charge in [0.15, 0.2) is 23.9 Å². The van der Waals surface area contributed by atoms with Crippen LogP contribution in [0.5, 0.6) is 28.7 Å². The Morgan fingerprint density at radius 1 is 0.872 bits per heavy atom. The number of ketones is 1. The fourth-order valence-electron chi connectivity index (χ4n) is 3.92. The van der Waals surface area contributed by atoms with Crippen LogP contribution in [0.2, 0.25) is 0 Å². The molecule has 0 spiro atoms. The second-order valence-corrected chi connectivity index (χ2v) is 9.12. The first-order valence-electron chi connectivity index (χ1n) is 11.5. The van der Waals surface area contributed by atoms with Gasteiger partial charge in [0.25, 0.3) is 0 Å². The van der Waals surface area contributed by atoms with Gasteiger partial charge in [-0.3, -0.25) is 4.79 Å². The van der Waals surface area contributed by atoms with E-state index in [0.717, 1.165) is 20.5 Å². The monoisotopic (exact) mass is 558 g/mol. The summed E-state index contributed by atoms with van der Waals surface area (Å²) in [4.78, 5) is 25.1. The third kappa shape index (κ3) is 6.75. The van der Waals surface area contributed by atoms with Crippen molar-refractivity contribution in [3.63, 3.8) is 0 Å². The van der Waals surface area contributed by atoms with Gasteiger partial charge in [-0.25, -0.2) is 4.79 Å². The van der Waals surface area contributed by atoms with E-state index >= 15 is 0 Å². The smallest absolute Gasteiger partial charge is 1.00 e. The molecule has 0 fully saturated rings. The number of carbonyl (C=O) groups is 2. The molecule has 0 atom stereocenters. The van der Waals surface area contributed by atoms with Crippen molar-refractivity contribution in [2.45, 2.75) is 0 Å². The first-order chi connectivity index (χ1) is 18.4. The zero-order chi connectivity index (χ0) is 27.2. The number of carboxylic acid groups (broad SMARTS) is 1. The fourth-order valence-corrected chi connectivity index (χ4v) is 5.00. The summed E-state index contributed by atoms with van der Waals surface area (Å²) in [5.41, 5.74) is 1.84. The van der Waals surface area contributed by atoms with E-state index in [2.05, 4.69) is 18.2 Å². The van der Waals surface area contributed by atoms with Crippen molar-refractivity contribution in [2.75, 3.05) is 35.0 Å². The number of ether oxygens (including phenoxy) is 5. The second-order valence-electron chi connectivity index (χ2n) is 8.03. The van der Waals surface area contributed by atoms with Crippen molar-refractivity contribution in [3.05, 3.63) is 71.8 Å². The Morgan fingerprint density at radius 3 is 2.10 bits per heavy atom. The second kappa shape index (κ2) is 13.5. The van der Waals surface area contributed by atoms with Crippen LogP contribution in [0.15, 0.2) is 60.7 Å². The molecule has 4 rings (SSSR count). The minimum absolute atomic E-state index is 0. The van der Waals surface area contributed by atoms with E-state index in [-0.39, 0.29) is 59.6 Å². The number of benzene rings is 3. The molecule has 3 aromatic carbocycles. The molecule has 0 aliphatic rings. The van der Waals surface area contributed by atoms with Gasteiger partial charge in [0.1, 0.15) is 11.5 Å². The van der Waals surface area contributed by atoms with Crippen molar-refractivity contribution in [1.82, 2.24) is 0 Å². The van der Waals surface area contributed by atoms with Gasteiger partial charge in [-0.1, -0.05) is 18.2 Å². The summed E-state index contributed by atoms with van der Waals surface area (Å²) in [6.45, 7) is -0.584. The Kier molecular flexibility index (Phi) is 10.4. The molecule has 198 valence electrons. The molecule has 1 N–H and O–H groups in total. The van der Waals surface area contributed by atoms with Crippen LogP contribution in [0, 0.1) is 0 Å². The number of hydrogen-bond acceptors (Lipinski definition) is 8. The summed E-state index contributed by atoms with van der Waals surface area (Å²) < 4.78 is 28.3. The normalized spacial score (nSPS) is 10.7. The minimum Gasteiger partial charge on any atom is -1.00 e. The number of carbonyl (C=O) groups excluding carboxylic acids is 1. The maximum atomic E-state index is 13.1. The van der Waals surface area contributed by atoms with E-state index < -0.39 is 12.6 Å². The van der Waals surface area contributed by atoms with Crippen LogP contribution in [0.4, 0.5) is 0 Å². The molecule has 0 unspecified atom stereocenters. The Bertz CT molecular complexity index is 1470. The maximum Gasteiger partial charge on any atom is 1.00 e. The van der Waals surface area contributed by atoms with Crippen LogP contribution in [0.3, 0.4) is 0 Å². The van der Waals surface area contributed by atoms with E-state index in [1.54, 1.807) is 37.7 Å². The third-order valence-corrected chi connectivity index (χ3v) is 6.89. The summed E-state index contributed by atoms with van der Waals surface area (Å²) >= 11 is 1.65. The predicted octanol–water partition coefficient (Wildman–Crippen LogP) is 3.08. The van der Waals surface area contributed by atoms with Crippen molar-refractivity contribution >= 4 is 39.3 Å². The topological polar surface area (TPSA) is 101 Å². The van der Waals surface area contributed by atoms with E-state index in [1.165, 1.54) is 32.4 Å². The summed E-state index contributed by atoms with van der Waals surface area (Å²) in [6.07, 6.45) is 3.09. The van der Waals surface area contributed by atoms with Crippen LogP contribution in [-0.4, -0.2) is 51.9 Å². The Balaban J connectivity index is 0.00000280. The van der Waals surface area contributed by atoms with Gasteiger partial charge in [-0.15, -0.1) is 11.3 Å². The molecule has 0 saturated carbocycles. The van der Waals surface area contributed by atoms with Gasteiger partial charge in [-0.2, -0.15) is 0 Å². The molecule has 1 heterocycles. The molecule has 39 heavy (non-hydrogen) atoms. The van der Waals surface area contributed by atoms with Gasteiger partial charge in [0.05, 0.1) is 28.4 Å². The van der Waals surface area contributed by atoms with Gasteiger partial charge in [0.2, 0.25) is 5.75 Å². The van der Waals surface area contributed by atoms with Crippen molar-refractivity contribution in [3.8, 4) is 39.2 Å². The summed E-state index contributed by atoms with van der Waals surface area (Å²) in [7, 11) is 5.95. The number of allylic oxidation sites excluding steroid dienone is 1. The number of methoxy groups -OCH3 is 4. The number of thiophene rings is 1. The molecule has 0 amide bonds. The number of hydrogen-bond donors (Lipinski definition) is 1. The number of rotatable bonds is 11. The number of carboxylic acids is 1. The van der Waals surface area contributed by atoms with Crippen LogP contribution in [0.25, 0.3) is 26.6 Å². The molecule has 1 aromatic heterocycles. The number of aliphatic carboxylic acids is 1. The average molecular weight is 559 g/mol. The average Bonchev–Trinajstić information content (AvgIpc) is 3.37. The Hall–Kier alpha value is -3.50. The molecule has 0 saturated heterocycles. The van der Waals surface area contributed by atoms with Crippen LogP contribution >= 0.6 is 11.3 Å². The summed E-state index contributed by atoms with van der Waals surface area (Å²) in [5, 5.41) is 10.1. The molecule has 0 aliphatic heterocycles. The largest absolute Gasteiger partial charge is 1.00 e. The predicted molar refractivity (Wildman–Crippen MR) is 148 cm³/mol. The van der Waals surface area contributed by atoms with E-state index in [1.807, 2.05) is 18.2 Å². The van der Waals surface area contributed by atoms with Gasteiger partial charge < -0.3 is 30.2 Å². The molecule has 4 aromatic rings. The SMILES string of the molecule is COc1cc(OC)c(-c2cc3ccccc3s2)cc1/C=C/C(=O)c1cc(OC)c(OCC(=O)O)c(OC)c1.[H-].[Na+]. The van der Waals surface area contributed by atoms with Crippen molar-refractivity contribution in [1.29, 1.82) is 0 Å². The fraction of sp³-hybridized carbons (Fsp3) is 0.172. The van der Waals surface area contributed by atoms with Gasteiger partial charge in [-0.05, 0) is 47.9 Å². The van der Waals surface area contributed by atoms with E-state index in [9.17, 15) is 9.59 Å². The number of fused-ring (bicyclic) bond motifs is 1. The first-order valence-corrected chi connectivity index (χ1v) is 12.3. The molecule has 8 nitrogen and oxygen atoms in total. The van der Waals surface area contributed by atoms with Crippen LogP contribution < -0.4 is 53.2 Å². The van der Waals surface area contributed by atoms with E-state index in [4.69, 9.17) is 28.8 Å². The Morgan fingerprint density at radius 2 is 1.51 bits per heavy atom. The van der Waals surface area contributed by atoms with Crippen molar-refractivity contribution in [2.24, 2.45) is 0 Å². The molecule has 0 bridgehead atoms. The minimum atomic E-state index is -1.15. The first kappa shape index (κ1) is 30.0.